The molecule has 0 radical (unpaired) electrons. The Morgan fingerprint density at radius 2 is 1.80 bits per heavy atom. The molecule has 0 spiro atoms. The van der Waals surface area contributed by atoms with Gasteiger partial charge in [-0.2, -0.15) is 0 Å². The lowest BCUT2D eigenvalue weighted by atomic mass is 10.1. The Kier molecular flexibility index (Phi) is 3.93. The van der Waals surface area contributed by atoms with Crippen LogP contribution in [0.1, 0.15) is 10.4 Å². The van der Waals surface area contributed by atoms with Crippen molar-refractivity contribution in [3.63, 3.8) is 0 Å². The number of ether oxygens (including phenoxy) is 2. The maximum Gasteiger partial charge on any atom is 0.256 e. The molecule has 1 aliphatic heterocycles. The molecule has 0 bridgehead atoms. The Balaban J connectivity index is 1.73. The zero-order valence-electron chi connectivity index (χ0n) is 13.0. The van der Waals surface area contributed by atoms with Crippen molar-refractivity contribution in [3.05, 3.63) is 62.9 Å². The second-order valence-electron chi connectivity index (χ2n) is 5.52. The second-order valence-corrected chi connectivity index (χ2v) is 6.38. The SMILES string of the molecule is O=C(Nc1cc2c(cc1Br)OCCO2)c1cc(=O)[nH]c2ccccc12. The smallest absolute Gasteiger partial charge is 0.256 e. The van der Waals surface area contributed by atoms with Crippen molar-refractivity contribution in [1.82, 2.24) is 4.98 Å². The molecule has 25 heavy (non-hydrogen) atoms. The number of nitrogens with one attached hydrogen (secondary N) is 2. The van der Waals surface area contributed by atoms with Crippen LogP contribution in [0.25, 0.3) is 10.9 Å². The molecule has 6 nitrogen and oxygen atoms in total. The number of fused-ring (bicyclic) bond motifs is 2. The molecule has 0 unspecified atom stereocenters. The highest BCUT2D eigenvalue weighted by Gasteiger charge is 2.18. The molecule has 7 heteroatoms. The largest absolute Gasteiger partial charge is 0.486 e. The van der Waals surface area contributed by atoms with E-state index in [1.807, 2.05) is 6.07 Å². The number of carbonyl (C=O) groups excluding carboxylic acids is 1. The monoisotopic (exact) mass is 400 g/mol. The Hall–Kier alpha value is -2.80. The number of rotatable bonds is 2. The van der Waals surface area contributed by atoms with Crippen molar-refractivity contribution in [1.29, 1.82) is 0 Å². The van der Waals surface area contributed by atoms with Gasteiger partial charge in [0.25, 0.3) is 5.91 Å². The van der Waals surface area contributed by atoms with Gasteiger partial charge in [-0.25, -0.2) is 0 Å². The third-order valence-electron chi connectivity index (χ3n) is 3.88. The Morgan fingerprint density at radius 3 is 2.60 bits per heavy atom. The Labute approximate surface area is 150 Å². The minimum atomic E-state index is -0.375. The summed E-state index contributed by atoms with van der Waals surface area (Å²) < 4.78 is 11.7. The molecule has 126 valence electrons. The molecule has 0 aliphatic carbocycles. The van der Waals surface area contributed by atoms with E-state index in [9.17, 15) is 9.59 Å². The number of halogens is 1. The Morgan fingerprint density at radius 1 is 1.08 bits per heavy atom. The van der Waals surface area contributed by atoms with E-state index in [1.165, 1.54) is 6.07 Å². The van der Waals surface area contributed by atoms with Crippen LogP contribution < -0.4 is 20.3 Å². The molecular formula is C18H13BrN2O4. The third-order valence-corrected chi connectivity index (χ3v) is 4.53. The molecule has 0 saturated heterocycles. The third kappa shape index (κ3) is 2.98. The Bertz CT molecular complexity index is 1040. The van der Waals surface area contributed by atoms with Crippen molar-refractivity contribution in [3.8, 4) is 11.5 Å². The fourth-order valence-electron chi connectivity index (χ4n) is 2.74. The maximum absolute atomic E-state index is 12.7. The van der Waals surface area contributed by atoms with Gasteiger partial charge in [0.05, 0.1) is 11.3 Å². The quantitative estimate of drug-likeness (QED) is 0.691. The summed E-state index contributed by atoms with van der Waals surface area (Å²) in [5.41, 5.74) is 1.13. The van der Waals surface area contributed by atoms with Crippen LogP contribution in [0.3, 0.4) is 0 Å². The standard InChI is InChI=1S/C18H13BrN2O4/c19-12-8-15-16(25-6-5-24-15)9-14(12)21-18(23)11-7-17(22)20-13-4-2-1-3-10(11)13/h1-4,7-9H,5-6H2,(H,20,22)(H,21,23). The molecule has 4 rings (SSSR count). The van der Waals surface area contributed by atoms with E-state index < -0.39 is 0 Å². The highest BCUT2D eigenvalue weighted by atomic mass is 79.9. The van der Waals surface area contributed by atoms with Crippen LogP contribution in [0.15, 0.2) is 51.7 Å². The molecule has 1 aromatic heterocycles. The average Bonchev–Trinajstić information content (AvgIpc) is 2.61. The number of hydrogen-bond donors (Lipinski definition) is 2. The van der Waals surface area contributed by atoms with Crippen LogP contribution >= 0.6 is 15.9 Å². The van der Waals surface area contributed by atoms with Gasteiger partial charge in [0, 0.05) is 33.6 Å². The fourth-order valence-corrected chi connectivity index (χ4v) is 3.16. The molecule has 0 saturated carbocycles. The summed E-state index contributed by atoms with van der Waals surface area (Å²) in [6.07, 6.45) is 0. The molecule has 0 atom stereocenters. The van der Waals surface area contributed by atoms with Crippen molar-refractivity contribution >= 4 is 38.4 Å². The van der Waals surface area contributed by atoms with Crippen molar-refractivity contribution in [2.45, 2.75) is 0 Å². The lowest BCUT2D eigenvalue weighted by Gasteiger charge is -2.20. The zero-order chi connectivity index (χ0) is 17.4. The number of para-hydroxylation sites is 1. The first-order valence-electron chi connectivity index (χ1n) is 7.64. The van der Waals surface area contributed by atoms with Gasteiger partial charge in [0.15, 0.2) is 11.5 Å². The number of carbonyl (C=O) groups is 1. The maximum atomic E-state index is 12.7. The minimum Gasteiger partial charge on any atom is -0.486 e. The summed E-state index contributed by atoms with van der Waals surface area (Å²) >= 11 is 3.42. The number of pyridine rings is 1. The lowest BCUT2D eigenvalue weighted by Crippen LogP contribution is -2.18. The predicted molar refractivity (Wildman–Crippen MR) is 97.7 cm³/mol. The summed E-state index contributed by atoms with van der Waals surface area (Å²) in [6.45, 7) is 0.949. The van der Waals surface area contributed by atoms with E-state index in [0.29, 0.717) is 51.3 Å². The van der Waals surface area contributed by atoms with Gasteiger partial charge in [0.2, 0.25) is 5.56 Å². The number of aromatic amines is 1. The molecule has 3 aromatic rings. The highest BCUT2D eigenvalue weighted by Crippen LogP contribution is 2.38. The number of hydrogen-bond acceptors (Lipinski definition) is 4. The summed E-state index contributed by atoms with van der Waals surface area (Å²) in [5.74, 6) is 0.818. The van der Waals surface area contributed by atoms with Crippen LogP contribution in [0.2, 0.25) is 0 Å². The molecule has 2 heterocycles. The van der Waals surface area contributed by atoms with Crippen LogP contribution in [-0.2, 0) is 0 Å². The van der Waals surface area contributed by atoms with Crippen LogP contribution in [0.5, 0.6) is 11.5 Å². The van der Waals surface area contributed by atoms with Crippen LogP contribution in [0, 0.1) is 0 Å². The number of benzene rings is 2. The summed E-state index contributed by atoms with van der Waals surface area (Å²) in [6, 6.07) is 11.9. The number of H-pyrrole nitrogens is 1. The van der Waals surface area contributed by atoms with E-state index >= 15 is 0 Å². The zero-order valence-corrected chi connectivity index (χ0v) is 14.6. The van der Waals surface area contributed by atoms with Gasteiger partial charge in [-0.05, 0) is 22.0 Å². The van der Waals surface area contributed by atoms with Crippen LogP contribution in [0.4, 0.5) is 5.69 Å². The van der Waals surface area contributed by atoms with E-state index in [0.717, 1.165) is 0 Å². The van der Waals surface area contributed by atoms with E-state index in [-0.39, 0.29) is 11.5 Å². The van der Waals surface area contributed by atoms with Gasteiger partial charge in [0.1, 0.15) is 13.2 Å². The first kappa shape index (κ1) is 15.7. The number of amides is 1. The molecule has 2 N–H and O–H groups in total. The average molecular weight is 401 g/mol. The van der Waals surface area contributed by atoms with Gasteiger partial charge < -0.3 is 19.8 Å². The van der Waals surface area contributed by atoms with Gasteiger partial charge in [-0.3, -0.25) is 9.59 Å². The lowest BCUT2D eigenvalue weighted by molar-refractivity contribution is 0.102. The fraction of sp³-hybridized carbons (Fsp3) is 0.111. The van der Waals surface area contributed by atoms with Gasteiger partial charge in [-0.15, -0.1) is 0 Å². The normalized spacial score (nSPS) is 12.8. The van der Waals surface area contributed by atoms with Crippen molar-refractivity contribution in [2.24, 2.45) is 0 Å². The van der Waals surface area contributed by atoms with E-state index in [4.69, 9.17) is 9.47 Å². The van der Waals surface area contributed by atoms with E-state index in [2.05, 4.69) is 26.2 Å². The minimum absolute atomic E-state index is 0.307. The first-order chi connectivity index (χ1) is 12.1. The van der Waals surface area contributed by atoms with Crippen molar-refractivity contribution < 1.29 is 14.3 Å². The molecular weight excluding hydrogens is 388 g/mol. The summed E-state index contributed by atoms with van der Waals surface area (Å²) in [4.78, 5) is 27.3. The molecule has 1 amide bonds. The second kappa shape index (κ2) is 6.25. The number of anilines is 1. The summed E-state index contributed by atoms with van der Waals surface area (Å²) in [7, 11) is 0. The number of aromatic nitrogens is 1. The highest BCUT2D eigenvalue weighted by molar-refractivity contribution is 9.10. The van der Waals surface area contributed by atoms with Crippen molar-refractivity contribution in [2.75, 3.05) is 18.5 Å². The van der Waals surface area contributed by atoms with E-state index in [1.54, 1.807) is 30.3 Å². The molecule has 1 aliphatic rings. The first-order valence-corrected chi connectivity index (χ1v) is 8.44. The van der Waals surface area contributed by atoms with Gasteiger partial charge in [-0.1, -0.05) is 18.2 Å². The topological polar surface area (TPSA) is 80.4 Å². The molecule has 0 fully saturated rings. The predicted octanol–water partition coefficient (Wildman–Crippen LogP) is 3.31. The van der Waals surface area contributed by atoms with Gasteiger partial charge >= 0.3 is 0 Å². The van der Waals surface area contributed by atoms with Crippen LogP contribution in [-0.4, -0.2) is 24.1 Å². The molecule has 2 aromatic carbocycles. The summed E-state index contributed by atoms with van der Waals surface area (Å²) in [5, 5.41) is 3.50.